The first-order chi connectivity index (χ1) is 9.04. The zero-order valence-electron chi connectivity index (χ0n) is 16.0. The molecule has 0 saturated carbocycles. The zero-order chi connectivity index (χ0) is 17.1. The van der Waals surface area contributed by atoms with Gasteiger partial charge in [0.1, 0.15) is 16.1 Å². The van der Waals surface area contributed by atoms with E-state index in [0.29, 0.717) is 0 Å². The molecule has 0 bridgehead atoms. The summed E-state index contributed by atoms with van der Waals surface area (Å²) in [6, 6.07) is 0. The smallest absolute Gasteiger partial charge is 0.194 e. The minimum atomic E-state index is -1.83. The second kappa shape index (κ2) is 6.88. The molecule has 0 atom stereocenters. The van der Waals surface area contributed by atoms with Gasteiger partial charge in [-0.2, -0.15) is 0 Å². The average Bonchev–Trinajstić information content (AvgIpc) is 2.17. The molecule has 21 heavy (non-hydrogen) atoms. The quantitative estimate of drug-likeness (QED) is 0.500. The molecule has 0 aromatic rings. The molecule has 0 unspecified atom stereocenters. The van der Waals surface area contributed by atoms with Crippen molar-refractivity contribution in [3.63, 3.8) is 0 Å². The van der Waals surface area contributed by atoms with Gasteiger partial charge < -0.3 is 4.43 Å². The van der Waals surface area contributed by atoms with Crippen LogP contribution >= 0.6 is 0 Å². The Morgan fingerprint density at radius 1 is 0.714 bits per heavy atom. The fourth-order valence-electron chi connectivity index (χ4n) is 1.13. The molecule has 0 aliphatic heterocycles. The summed E-state index contributed by atoms with van der Waals surface area (Å²) in [7, 11) is -4.63. The Labute approximate surface area is 136 Å². The van der Waals surface area contributed by atoms with Crippen LogP contribution in [0.5, 0.6) is 0 Å². The van der Waals surface area contributed by atoms with Gasteiger partial charge in [0.25, 0.3) is 0 Å². The Morgan fingerprint density at radius 2 is 1.05 bits per heavy atom. The number of hydrogen-bond donors (Lipinski definition) is 0. The lowest BCUT2D eigenvalue weighted by molar-refractivity contribution is 0.283. The molecule has 0 radical (unpaired) electrons. The van der Waals surface area contributed by atoms with Crippen molar-refractivity contribution in [1.29, 1.82) is 0 Å². The van der Waals surface area contributed by atoms with Crippen molar-refractivity contribution in [2.75, 3.05) is 0 Å². The molecular weight excluding hydrogens is 304 g/mol. The molecule has 0 spiro atoms. The molecule has 0 fully saturated rings. The SMILES string of the molecule is CC(C)(C)[Si](C)(C)OC(C#C[Si](C)(C)C)C#C[Si](C)(C)C. The summed E-state index contributed by atoms with van der Waals surface area (Å²) < 4.78 is 6.43. The summed E-state index contributed by atoms with van der Waals surface area (Å²) in [5.41, 5.74) is 6.86. The van der Waals surface area contributed by atoms with Crippen LogP contribution in [0.2, 0.25) is 57.4 Å². The van der Waals surface area contributed by atoms with Crippen molar-refractivity contribution >= 4 is 24.5 Å². The minimum Gasteiger partial charge on any atom is -0.394 e. The van der Waals surface area contributed by atoms with Gasteiger partial charge in [-0.05, 0) is 18.1 Å². The van der Waals surface area contributed by atoms with Gasteiger partial charge in [0, 0.05) is 0 Å². The van der Waals surface area contributed by atoms with E-state index in [1.165, 1.54) is 0 Å². The van der Waals surface area contributed by atoms with Gasteiger partial charge in [-0.1, -0.05) is 71.9 Å². The summed E-state index contributed by atoms with van der Waals surface area (Å²) in [5, 5.41) is 0.187. The van der Waals surface area contributed by atoms with E-state index >= 15 is 0 Å². The molecule has 0 aromatic carbocycles. The molecule has 120 valence electrons. The fourth-order valence-corrected chi connectivity index (χ4v) is 3.32. The predicted octanol–water partition coefficient (Wildman–Crippen LogP) is 5.14. The van der Waals surface area contributed by atoms with Crippen molar-refractivity contribution in [2.45, 2.75) is 84.3 Å². The Hall–Kier alpha value is -0.269. The molecular formula is C17H34OSi3. The Bertz CT molecular complexity index is 433. The molecule has 0 rings (SSSR count). The van der Waals surface area contributed by atoms with Gasteiger partial charge in [0.2, 0.25) is 0 Å². The third-order valence-electron chi connectivity index (χ3n) is 3.38. The Morgan fingerprint density at radius 3 is 1.29 bits per heavy atom. The third-order valence-corrected chi connectivity index (χ3v) is 9.60. The highest BCUT2D eigenvalue weighted by Gasteiger charge is 2.38. The van der Waals surface area contributed by atoms with Gasteiger partial charge in [-0.25, -0.2) is 0 Å². The van der Waals surface area contributed by atoms with Crippen LogP contribution < -0.4 is 0 Å². The van der Waals surface area contributed by atoms with Crippen molar-refractivity contribution in [1.82, 2.24) is 0 Å². The van der Waals surface area contributed by atoms with E-state index in [2.05, 4.69) is 96.1 Å². The second-order valence-corrected chi connectivity index (χ2v) is 23.6. The highest BCUT2D eigenvalue weighted by molar-refractivity contribution is 6.84. The van der Waals surface area contributed by atoms with Crippen LogP contribution in [0, 0.1) is 22.9 Å². The van der Waals surface area contributed by atoms with Gasteiger partial charge in [0.15, 0.2) is 14.4 Å². The van der Waals surface area contributed by atoms with Gasteiger partial charge >= 0.3 is 0 Å². The number of rotatable bonds is 2. The minimum absolute atomic E-state index is 0.187. The molecule has 0 aromatic heterocycles. The maximum absolute atomic E-state index is 6.43. The van der Waals surface area contributed by atoms with E-state index < -0.39 is 24.5 Å². The standard InChI is InChI=1S/C17H34OSi3/c1-17(2,3)21(10,11)18-16(12-14-19(4,5)6)13-15-20(7,8)9/h16H,1-11H3. The monoisotopic (exact) mass is 338 g/mol. The second-order valence-electron chi connectivity index (χ2n) is 9.30. The summed E-state index contributed by atoms with van der Waals surface area (Å²) in [6.45, 7) is 24.9. The molecule has 0 saturated heterocycles. The van der Waals surface area contributed by atoms with Crippen LogP contribution in [0.1, 0.15) is 20.8 Å². The zero-order valence-corrected chi connectivity index (χ0v) is 19.0. The van der Waals surface area contributed by atoms with Crippen molar-refractivity contribution in [2.24, 2.45) is 0 Å². The fraction of sp³-hybridized carbons (Fsp3) is 0.765. The molecule has 4 heteroatoms. The lowest BCUT2D eigenvalue weighted by Gasteiger charge is -2.37. The van der Waals surface area contributed by atoms with E-state index in [-0.39, 0.29) is 11.1 Å². The summed E-state index contributed by atoms with van der Waals surface area (Å²) in [6.07, 6.45) is -0.218. The largest absolute Gasteiger partial charge is 0.394 e. The normalized spacial score (nSPS) is 13.3. The molecule has 1 nitrogen and oxygen atoms in total. The molecule has 0 N–H and O–H groups in total. The first-order valence-corrected chi connectivity index (χ1v) is 17.7. The first-order valence-electron chi connectivity index (χ1n) is 7.77. The van der Waals surface area contributed by atoms with E-state index in [1.54, 1.807) is 0 Å². The summed E-state index contributed by atoms with van der Waals surface area (Å²) >= 11 is 0. The average molecular weight is 339 g/mol. The Kier molecular flexibility index (Phi) is 6.79. The number of hydrogen-bond acceptors (Lipinski definition) is 1. The predicted molar refractivity (Wildman–Crippen MR) is 104 cm³/mol. The first kappa shape index (κ1) is 20.7. The van der Waals surface area contributed by atoms with Crippen LogP contribution in [0.3, 0.4) is 0 Å². The molecule has 0 aliphatic rings. The van der Waals surface area contributed by atoms with Crippen LogP contribution in [0.25, 0.3) is 0 Å². The maximum Gasteiger partial charge on any atom is 0.194 e. The summed E-state index contributed by atoms with van der Waals surface area (Å²) in [4.78, 5) is 0. The summed E-state index contributed by atoms with van der Waals surface area (Å²) in [5.74, 6) is 6.67. The van der Waals surface area contributed by atoms with Gasteiger partial charge in [-0.15, -0.1) is 11.1 Å². The van der Waals surface area contributed by atoms with E-state index in [0.717, 1.165) is 0 Å². The van der Waals surface area contributed by atoms with E-state index in [9.17, 15) is 0 Å². The van der Waals surface area contributed by atoms with Crippen molar-refractivity contribution in [3.05, 3.63) is 0 Å². The highest BCUT2D eigenvalue weighted by atomic mass is 28.4. The van der Waals surface area contributed by atoms with Gasteiger partial charge in [-0.3, -0.25) is 0 Å². The van der Waals surface area contributed by atoms with Crippen LogP contribution in [-0.4, -0.2) is 30.6 Å². The molecule has 0 heterocycles. The van der Waals surface area contributed by atoms with Gasteiger partial charge in [0.05, 0.1) is 0 Å². The third kappa shape index (κ3) is 9.37. The topological polar surface area (TPSA) is 9.23 Å². The lowest BCUT2D eigenvalue weighted by Crippen LogP contribution is -2.43. The lowest BCUT2D eigenvalue weighted by atomic mass is 10.2. The van der Waals surface area contributed by atoms with Crippen molar-refractivity contribution < 1.29 is 4.43 Å². The Balaban J connectivity index is 5.42. The highest BCUT2D eigenvalue weighted by Crippen LogP contribution is 2.37. The molecule has 0 amide bonds. The molecule has 0 aliphatic carbocycles. The van der Waals surface area contributed by atoms with E-state index in [4.69, 9.17) is 4.43 Å². The van der Waals surface area contributed by atoms with Crippen LogP contribution in [0.15, 0.2) is 0 Å². The van der Waals surface area contributed by atoms with Crippen LogP contribution in [-0.2, 0) is 4.43 Å². The maximum atomic E-state index is 6.43. The van der Waals surface area contributed by atoms with Crippen molar-refractivity contribution in [3.8, 4) is 22.9 Å². The van der Waals surface area contributed by atoms with E-state index in [1.807, 2.05) is 0 Å². The van der Waals surface area contributed by atoms with Crippen LogP contribution in [0.4, 0.5) is 0 Å².